The fourth-order valence-corrected chi connectivity index (χ4v) is 2.37. The van der Waals surface area contributed by atoms with E-state index in [1.54, 1.807) is 13.0 Å². The van der Waals surface area contributed by atoms with Crippen LogP contribution in [0.1, 0.15) is 21.9 Å². The number of carbonyl (C=O) groups is 1. The Morgan fingerprint density at radius 1 is 1.44 bits per heavy atom. The van der Waals surface area contributed by atoms with Gasteiger partial charge in [-0.1, -0.05) is 0 Å². The highest BCUT2D eigenvalue weighted by Gasteiger charge is 2.22. The first-order chi connectivity index (χ1) is 12.0. The molecule has 0 bridgehead atoms. The van der Waals surface area contributed by atoms with Crippen molar-refractivity contribution in [2.75, 3.05) is 12.8 Å². The Morgan fingerprint density at radius 3 is 2.80 bits per heavy atom. The van der Waals surface area contributed by atoms with E-state index in [-0.39, 0.29) is 34.1 Å². The van der Waals surface area contributed by atoms with E-state index < -0.39 is 5.97 Å². The highest BCUT2D eigenvalue weighted by Crippen LogP contribution is 2.32. The van der Waals surface area contributed by atoms with Crippen molar-refractivity contribution in [2.24, 2.45) is 0 Å². The largest absolute Gasteiger partial charge is 0.507 e. The van der Waals surface area contributed by atoms with Gasteiger partial charge in [-0.25, -0.2) is 4.79 Å². The molecule has 0 saturated heterocycles. The number of hydrogen-bond acceptors (Lipinski definition) is 8. The lowest BCUT2D eigenvalue weighted by atomic mass is 10.1. The number of benzene rings is 1. The number of methoxy groups -OCH3 is 1. The zero-order valence-corrected chi connectivity index (χ0v) is 13.3. The number of aryl methyl sites for hydroxylation is 1. The number of phenols is 1. The van der Waals surface area contributed by atoms with Crippen molar-refractivity contribution < 1.29 is 19.1 Å². The molecule has 9 heteroatoms. The van der Waals surface area contributed by atoms with Crippen molar-refractivity contribution in [2.45, 2.75) is 6.92 Å². The lowest BCUT2D eigenvalue weighted by Crippen LogP contribution is -2.11. The summed E-state index contributed by atoms with van der Waals surface area (Å²) in [6, 6.07) is 6.42. The summed E-state index contributed by atoms with van der Waals surface area (Å²) in [4.78, 5) is 12.1. The number of nitrogen functional groups attached to an aromatic ring is 1. The van der Waals surface area contributed by atoms with Crippen molar-refractivity contribution in [3.05, 3.63) is 41.5 Å². The maximum Gasteiger partial charge on any atom is 0.357 e. The highest BCUT2D eigenvalue weighted by atomic mass is 16.5. The molecule has 0 aliphatic carbocycles. The molecular formula is C16H13N5O4. The molecule has 2 heterocycles. The van der Waals surface area contributed by atoms with Crippen LogP contribution in [0.4, 0.5) is 5.69 Å². The van der Waals surface area contributed by atoms with Gasteiger partial charge in [0.1, 0.15) is 11.8 Å². The number of rotatable bonds is 3. The Morgan fingerprint density at radius 2 is 2.20 bits per heavy atom. The minimum Gasteiger partial charge on any atom is -0.507 e. The number of nitriles is 1. The minimum absolute atomic E-state index is 0.0115. The van der Waals surface area contributed by atoms with Gasteiger partial charge in [0.2, 0.25) is 5.89 Å². The van der Waals surface area contributed by atoms with Crippen LogP contribution in [-0.2, 0) is 4.74 Å². The zero-order chi connectivity index (χ0) is 18.1. The molecule has 9 nitrogen and oxygen atoms in total. The zero-order valence-electron chi connectivity index (χ0n) is 13.3. The predicted molar refractivity (Wildman–Crippen MR) is 85.9 cm³/mol. The van der Waals surface area contributed by atoms with E-state index in [1.807, 2.05) is 6.07 Å². The monoisotopic (exact) mass is 339 g/mol. The Labute approximate surface area is 141 Å². The molecule has 3 rings (SSSR count). The quantitative estimate of drug-likeness (QED) is 0.688. The number of esters is 1. The number of carbonyl (C=O) groups excluding carboxylic acids is 1. The summed E-state index contributed by atoms with van der Waals surface area (Å²) in [5.41, 5.74) is 6.76. The first kappa shape index (κ1) is 16.1. The van der Waals surface area contributed by atoms with E-state index in [1.165, 1.54) is 30.0 Å². The molecule has 0 aliphatic heterocycles. The Kier molecular flexibility index (Phi) is 3.86. The second-order valence-corrected chi connectivity index (χ2v) is 5.11. The first-order valence-corrected chi connectivity index (χ1v) is 7.09. The molecule has 0 spiro atoms. The summed E-state index contributed by atoms with van der Waals surface area (Å²) in [5, 5.41) is 26.8. The van der Waals surface area contributed by atoms with Crippen LogP contribution >= 0.6 is 0 Å². The van der Waals surface area contributed by atoms with Crippen molar-refractivity contribution in [1.29, 1.82) is 5.26 Å². The molecule has 1 aromatic carbocycles. The Bertz CT molecular complexity index is 1010. The summed E-state index contributed by atoms with van der Waals surface area (Å²) >= 11 is 0. The van der Waals surface area contributed by atoms with Crippen LogP contribution in [0.25, 0.3) is 17.1 Å². The second-order valence-electron chi connectivity index (χ2n) is 5.11. The molecule has 25 heavy (non-hydrogen) atoms. The fraction of sp³-hybridized carbons (Fsp3) is 0.125. The lowest BCUT2D eigenvalue weighted by molar-refractivity contribution is 0.0593. The number of ether oxygens (including phenoxy) is 1. The molecule has 126 valence electrons. The summed E-state index contributed by atoms with van der Waals surface area (Å²) < 4.78 is 11.5. The summed E-state index contributed by atoms with van der Waals surface area (Å²) in [6.45, 7) is 1.62. The van der Waals surface area contributed by atoms with Crippen molar-refractivity contribution >= 4 is 11.7 Å². The molecule has 0 radical (unpaired) electrons. The molecule has 0 aliphatic rings. The molecule has 0 atom stereocenters. The number of anilines is 1. The van der Waals surface area contributed by atoms with E-state index in [2.05, 4.69) is 10.2 Å². The van der Waals surface area contributed by atoms with Gasteiger partial charge in [0.05, 0.1) is 23.9 Å². The van der Waals surface area contributed by atoms with Gasteiger partial charge < -0.3 is 24.6 Å². The van der Waals surface area contributed by atoms with Crippen LogP contribution in [0.15, 0.2) is 28.8 Å². The van der Waals surface area contributed by atoms with Crippen LogP contribution < -0.4 is 5.73 Å². The average molecular weight is 339 g/mol. The maximum atomic E-state index is 12.1. The molecule has 0 fully saturated rings. The number of nitrogens with two attached hydrogens (primary N) is 1. The van der Waals surface area contributed by atoms with Crippen LogP contribution in [0.3, 0.4) is 0 Å². The van der Waals surface area contributed by atoms with Crippen molar-refractivity contribution in [3.8, 4) is 29.0 Å². The molecule has 3 N–H and O–H groups in total. The fourth-order valence-electron chi connectivity index (χ4n) is 2.37. The van der Waals surface area contributed by atoms with E-state index in [0.717, 1.165) is 0 Å². The van der Waals surface area contributed by atoms with Gasteiger partial charge in [-0.05, 0) is 18.2 Å². The van der Waals surface area contributed by atoms with Crippen LogP contribution in [0.2, 0.25) is 0 Å². The van der Waals surface area contributed by atoms with Gasteiger partial charge >= 0.3 is 5.97 Å². The molecule has 2 aromatic heterocycles. The Hall–Kier alpha value is -3.80. The van der Waals surface area contributed by atoms with Crippen LogP contribution in [0.5, 0.6) is 5.75 Å². The smallest absolute Gasteiger partial charge is 0.357 e. The van der Waals surface area contributed by atoms with Gasteiger partial charge in [0.25, 0.3) is 5.89 Å². The topological polar surface area (TPSA) is 140 Å². The van der Waals surface area contributed by atoms with E-state index in [9.17, 15) is 9.90 Å². The number of aromatic hydroxyl groups is 1. The number of hydrogen-bond donors (Lipinski definition) is 2. The third kappa shape index (κ3) is 2.66. The van der Waals surface area contributed by atoms with E-state index in [4.69, 9.17) is 20.1 Å². The number of nitrogens with zero attached hydrogens (tertiary/aromatic N) is 4. The average Bonchev–Trinajstić information content (AvgIpc) is 3.18. The molecule has 0 saturated carbocycles. The van der Waals surface area contributed by atoms with Crippen LogP contribution in [-0.4, -0.2) is 33.0 Å². The molecule has 0 unspecified atom stereocenters. The SMILES string of the molecule is COC(=O)c1c(N)c(C#N)cn1-c1ccc(O)c(-c2nnc(C)o2)c1. The van der Waals surface area contributed by atoms with E-state index >= 15 is 0 Å². The minimum atomic E-state index is -0.692. The van der Waals surface area contributed by atoms with Gasteiger partial charge in [-0.3, -0.25) is 0 Å². The number of aromatic nitrogens is 3. The summed E-state index contributed by atoms with van der Waals surface area (Å²) in [7, 11) is 1.22. The van der Waals surface area contributed by atoms with Crippen molar-refractivity contribution in [3.63, 3.8) is 0 Å². The molecule has 3 aromatic rings. The standard InChI is InChI=1S/C16H13N5O4/c1-8-19-20-15(25-8)11-5-10(3-4-12(11)22)21-7-9(6-17)13(18)14(21)16(23)24-2/h3-5,7,22H,18H2,1-2H3. The van der Waals surface area contributed by atoms with Crippen LogP contribution in [0, 0.1) is 18.3 Å². The van der Waals surface area contributed by atoms with Gasteiger partial charge in [0.15, 0.2) is 5.69 Å². The van der Waals surface area contributed by atoms with Gasteiger partial charge in [-0.15, -0.1) is 10.2 Å². The van der Waals surface area contributed by atoms with Gasteiger partial charge in [-0.2, -0.15) is 5.26 Å². The molecule has 0 amide bonds. The third-order valence-electron chi connectivity index (χ3n) is 3.56. The van der Waals surface area contributed by atoms with Gasteiger partial charge in [0, 0.05) is 18.8 Å². The molecular weight excluding hydrogens is 326 g/mol. The number of phenolic OH excluding ortho intramolecular Hbond substituents is 1. The Balaban J connectivity index is 2.21. The second kappa shape index (κ2) is 6.01. The van der Waals surface area contributed by atoms with E-state index in [0.29, 0.717) is 11.6 Å². The summed E-state index contributed by atoms with van der Waals surface area (Å²) in [5.74, 6) is -0.306. The first-order valence-electron chi connectivity index (χ1n) is 7.09. The maximum absolute atomic E-state index is 12.1. The predicted octanol–water partition coefficient (Wildman–Crippen LogP) is 1.78. The normalized spacial score (nSPS) is 10.4. The van der Waals surface area contributed by atoms with Crippen molar-refractivity contribution in [1.82, 2.24) is 14.8 Å². The summed E-state index contributed by atoms with van der Waals surface area (Å²) in [6.07, 6.45) is 1.41. The highest BCUT2D eigenvalue weighted by molar-refractivity contribution is 5.96. The lowest BCUT2D eigenvalue weighted by Gasteiger charge is -2.10. The third-order valence-corrected chi connectivity index (χ3v) is 3.56.